The van der Waals surface area contributed by atoms with Crippen molar-refractivity contribution >= 4 is 5.82 Å². The Balaban J connectivity index is 1.34. The van der Waals surface area contributed by atoms with Crippen LogP contribution in [0.4, 0.5) is 5.82 Å². The van der Waals surface area contributed by atoms with Crippen LogP contribution in [0, 0.1) is 6.92 Å². The van der Waals surface area contributed by atoms with Crippen LogP contribution in [-0.4, -0.2) is 34.3 Å². The lowest BCUT2D eigenvalue weighted by atomic mass is 10.1. The van der Waals surface area contributed by atoms with Crippen molar-refractivity contribution < 1.29 is 4.42 Å². The molecule has 26 heavy (non-hydrogen) atoms. The van der Waals surface area contributed by atoms with Gasteiger partial charge in [0, 0.05) is 24.7 Å². The van der Waals surface area contributed by atoms with Crippen molar-refractivity contribution in [3.05, 3.63) is 60.2 Å². The lowest BCUT2D eigenvalue weighted by molar-refractivity contribution is 0.390. The minimum atomic E-state index is 0.388. The fourth-order valence-corrected chi connectivity index (χ4v) is 3.27. The summed E-state index contributed by atoms with van der Waals surface area (Å²) in [6.07, 6.45) is 4.07. The number of nitrogens with one attached hydrogen (secondary N) is 1. The number of oxazole rings is 1. The van der Waals surface area contributed by atoms with Gasteiger partial charge in [-0.1, -0.05) is 30.3 Å². The molecule has 1 fully saturated rings. The van der Waals surface area contributed by atoms with E-state index in [9.17, 15) is 0 Å². The van der Waals surface area contributed by atoms with Crippen LogP contribution in [0.1, 0.15) is 24.4 Å². The highest BCUT2D eigenvalue weighted by molar-refractivity contribution is 5.55. The standard InChI is InChI=1S/C20H23N5O/c1-15-9-10-19(24-23-15)25-11-5-8-17(14-25)21-13-20-22-12-18(26-20)16-6-3-2-4-7-16/h2-4,6-7,9-10,12,17,21H,5,8,11,13-14H2,1H3/t17-/m0/s1. The van der Waals surface area contributed by atoms with Crippen molar-refractivity contribution in [1.29, 1.82) is 0 Å². The maximum Gasteiger partial charge on any atom is 0.208 e. The Morgan fingerprint density at radius 2 is 2.04 bits per heavy atom. The zero-order chi connectivity index (χ0) is 17.8. The van der Waals surface area contributed by atoms with Gasteiger partial charge in [0.05, 0.1) is 18.4 Å². The van der Waals surface area contributed by atoms with Crippen LogP contribution in [0.15, 0.2) is 53.1 Å². The average Bonchev–Trinajstić information content (AvgIpc) is 3.17. The Kier molecular flexibility index (Phi) is 4.93. The number of aromatic nitrogens is 3. The summed E-state index contributed by atoms with van der Waals surface area (Å²) in [6, 6.07) is 14.5. The third-order valence-electron chi connectivity index (χ3n) is 4.68. The molecule has 1 aliphatic rings. The first kappa shape index (κ1) is 16.7. The van der Waals surface area contributed by atoms with Gasteiger partial charge < -0.3 is 14.6 Å². The molecule has 1 saturated heterocycles. The highest BCUT2D eigenvalue weighted by atomic mass is 16.4. The Morgan fingerprint density at radius 1 is 1.15 bits per heavy atom. The fourth-order valence-electron chi connectivity index (χ4n) is 3.27. The molecule has 0 unspecified atom stereocenters. The predicted octanol–water partition coefficient (Wildman–Crippen LogP) is 3.20. The van der Waals surface area contributed by atoms with E-state index in [0.29, 0.717) is 12.6 Å². The molecule has 0 spiro atoms. The molecular weight excluding hydrogens is 326 g/mol. The summed E-state index contributed by atoms with van der Waals surface area (Å²) in [6.45, 7) is 4.53. The van der Waals surface area contributed by atoms with Gasteiger partial charge in [-0.2, -0.15) is 5.10 Å². The molecule has 6 heteroatoms. The molecule has 1 N–H and O–H groups in total. The van der Waals surface area contributed by atoms with Gasteiger partial charge in [-0.25, -0.2) is 4.98 Å². The van der Waals surface area contributed by atoms with E-state index in [0.717, 1.165) is 54.7 Å². The van der Waals surface area contributed by atoms with E-state index in [4.69, 9.17) is 4.42 Å². The van der Waals surface area contributed by atoms with E-state index in [1.165, 1.54) is 0 Å². The van der Waals surface area contributed by atoms with Gasteiger partial charge in [-0.15, -0.1) is 5.10 Å². The van der Waals surface area contributed by atoms with Gasteiger partial charge in [0.25, 0.3) is 0 Å². The lowest BCUT2D eigenvalue weighted by Crippen LogP contribution is -2.45. The number of benzene rings is 1. The zero-order valence-electron chi connectivity index (χ0n) is 14.9. The number of hydrogen-bond donors (Lipinski definition) is 1. The minimum absolute atomic E-state index is 0.388. The Labute approximate surface area is 153 Å². The minimum Gasteiger partial charge on any atom is -0.439 e. The van der Waals surface area contributed by atoms with E-state index in [1.54, 1.807) is 6.20 Å². The first-order valence-corrected chi connectivity index (χ1v) is 9.07. The van der Waals surface area contributed by atoms with Crippen LogP contribution in [-0.2, 0) is 6.54 Å². The molecule has 1 aliphatic heterocycles. The molecule has 6 nitrogen and oxygen atoms in total. The summed E-state index contributed by atoms with van der Waals surface area (Å²) < 4.78 is 5.88. The molecule has 1 atom stereocenters. The summed E-state index contributed by atoms with van der Waals surface area (Å²) in [5, 5.41) is 12.0. The number of hydrogen-bond acceptors (Lipinski definition) is 6. The van der Waals surface area contributed by atoms with Gasteiger partial charge in [0.2, 0.25) is 5.89 Å². The number of nitrogens with zero attached hydrogens (tertiary/aromatic N) is 4. The number of anilines is 1. The molecule has 0 bridgehead atoms. The largest absolute Gasteiger partial charge is 0.439 e. The van der Waals surface area contributed by atoms with E-state index in [-0.39, 0.29) is 0 Å². The van der Waals surface area contributed by atoms with Crippen molar-refractivity contribution in [3.63, 3.8) is 0 Å². The fraction of sp³-hybridized carbons (Fsp3) is 0.350. The van der Waals surface area contributed by atoms with E-state index >= 15 is 0 Å². The van der Waals surface area contributed by atoms with Crippen LogP contribution in [0.3, 0.4) is 0 Å². The van der Waals surface area contributed by atoms with Gasteiger partial charge in [-0.05, 0) is 31.9 Å². The summed E-state index contributed by atoms with van der Waals surface area (Å²) in [5.41, 5.74) is 1.99. The number of rotatable bonds is 5. The van der Waals surface area contributed by atoms with E-state index in [1.807, 2.05) is 49.4 Å². The van der Waals surface area contributed by atoms with Crippen molar-refractivity contribution in [2.75, 3.05) is 18.0 Å². The molecule has 0 aliphatic carbocycles. The van der Waals surface area contributed by atoms with Gasteiger partial charge in [-0.3, -0.25) is 0 Å². The predicted molar refractivity (Wildman–Crippen MR) is 101 cm³/mol. The van der Waals surface area contributed by atoms with Gasteiger partial charge >= 0.3 is 0 Å². The highest BCUT2D eigenvalue weighted by Gasteiger charge is 2.21. The van der Waals surface area contributed by atoms with Gasteiger partial charge in [0.1, 0.15) is 0 Å². The van der Waals surface area contributed by atoms with Crippen molar-refractivity contribution in [2.45, 2.75) is 32.4 Å². The average molecular weight is 349 g/mol. The first-order valence-electron chi connectivity index (χ1n) is 9.07. The zero-order valence-corrected chi connectivity index (χ0v) is 14.9. The third-order valence-corrected chi connectivity index (χ3v) is 4.68. The lowest BCUT2D eigenvalue weighted by Gasteiger charge is -2.33. The van der Waals surface area contributed by atoms with Crippen LogP contribution >= 0.6 is 0 Å². The molecule has 4 rings (SSSR count). The maximum absolute atomic E-state index is 5.88. The third kappa shape index (κ3) is 3.91. The van der Waals surface area contributed by atoms with Gasteiger partial charge in [0.15, 0.2) is 11.6 Å². The molecular formula is C20H23N5O. The number of piperidine rings is 1. The summed E-state index contributed by atoms with van der Waals surface area (Å²) in [4.78, 5) is 6.69. The molecule has 134 valence electrons. The Hall–Kier alpha value is -2.73. The van der Waals surface area contributed by atoms with E-state index in [2.05, 4.69) is 25.4 Å². The smallest absolute Gasteiger partial charge is 0.208 e. The van der Waals surface area contributed by atoms with Crippen LogP contribution in [0.2, 0.25) is 0 Å². The number of aryl methyl sites for hydroxylation is 1. The van der Waals surface area contributed by atoms with Crippen molar-refractivity contribution in [2.24, 2.45) is 0 Å². The SMILES string of the molecule is Cc1ccc(N2CCC[C@H](NCc3ncc(-c4ccccc4)o3)C2)nn1. The molecule has 3 heterocycles. The summed E-state index contributed by atoms with van der Waals surface area (Å²) in [5.74, 6) is 2.48. The first-order chi connectivity index (χ1) is 12.8. The molecule has 0 saturated carbocycles. The van der Waals surface area contributed by atoms with Crippen LogP contribution in [0.5, 0.6) is 0 Å². The monoisotopic (exact) mass is 349 g/mol. The summed E-state index contributed by atoms with van der Waals surface area (Å²) >= 11 is 0. The summed E-state index contributed by atoms with van der Waals surface area (Å²) in [7, 11) is 0. The second-order valence-electron chi connectivity index (χ2n) is 6.68. The normalized spacial score (nSPS) is 17.4. The topological polar surface area (TPSA) is 67.1 Å². The molecule has 2 aromatic heterocycles. The Bertz CT molecular complexity index is 831. The second-order valence-corrected chi connectivity index (χ2v) is 6.68. The molecule has 0 amide bonds. The van der Waals surface area contributed by atoms with Crippen LogP contribution < -0.4 is 10.2 Å². The van der Waals surface area contributed by atoms with Crippen molar-refractivity contribution in [3.8, 4) is 11.3 Å². The molecule has 0 radical (unpaired) electrons. The van der Waals surface area contributed by atoms with E-state index < -0.39 is 0 Å². The highest BCUT2D eigenvalue weighted by Crippen LogP contribution is 2.21. The quantitative estimate of drug-likeness (QED) is 0.763. The Morgan fingerprint density at radius 3 is 2.85 bits per heavy atom. The molecule has 1 aromatic carbocycles. The van der Waals surface area contributed by atoms with Crippen molar-refractivity contribution in [1.82, 2.24) is 20.5 Å². The maximum atomic E-state index is 5.88. The second kappa shape index (κ2) is 7.66. The van der Waals surface area contributed by atoms with Crippen LogP contribution in [0.25, 0.3) is 11.3 Å². The molecule has 3 aromatic rings.